The lowest BCUT2D eigenvalue weighted by Crippen LogP contribution is -2.45. The van der Waals surface area contributed by atoms with E-state index in [0.717, 1.165) is 16.7 Å². The van der Waals surface area contributed by atoms with Gasteiger partial charge in [0.05, 0.1) is 12.1 Å². The topological polar surface area (TPSA) is 49.8 Å². The molecule has 3 atom stereocenters. The molecule has 0 aliphatic heterocycles. The fraction of sp³-hybridized carbons (Fsp3) is 0.381. The fourth-order valence-corrected chi connectivity index (χ4v) is 2.70. The summed E-state index contributed by atoms with van der Waals surface area (Å²) in [5.74, 6) is 0.550. The first kappa shape index (κ1) is 19.0. The molecule has 0 spiro atoms. The molecule has 2 rings (SSSR count). The van der Waals surface area contributed by atoms with Gasteiger partial charge in [0.15, 0.2) is 6.10 Å². The Labute approximate surface area is 150 Å². The molecule has 0 radical (unpaired) electrons. The number of carbonyl (C=O) groups is 1. The van der Waals surface area contributed by atoms with Crippen molar-refractivity contribution >= 4 is 5.91 Å². The highest BCUT2D eigenvalue weighted by atomic mass is 16.5. The fourth-order valence-electron chi connectivity index (χ4n) is 2.70. The number of likely N-dealkylation sites (N-methyl/N-ethyl adjacent to an activating group) is 1. The van der Waals surface area contributed by atoms with Crippen LogP contribution in [-0.2, 0) is 4.79 Å². The van der Waals surface area contributed by atoms with Crippen LogP contribution in [0.5, 0.6) is 5.75 Å². The minimum absolute atomic E-state index is 0.164. The van der Waals surface area contributed by atoms with Gasteiger partial charge in [0, 0.05) is 7.05 Å². The van der Waals surface area contributed by atoms with E-state index in [0.29, 0.717) is 5.75 Å². The lowest BCUT2D eigenvalue weighted by Gasteiger charge is -2.31. The molecule has 2 aromatic rings. The molecule has 1 N–H and O–H groups in total. The van der Waals surface area contributed by atoms with Gasteiger partial charge in [-0.25, -0.2) is 0 Å². The van der Waals surface area contributed by atoms with Crippen LogP contribution >= 0.6 is 0 Å². The van der Waals surface area contributed by atoms with Crippen LogP contribution in [0.3, 0.4) is 0 Å². The monoisotopic (exact) mass is 341 g/mol. The first-order valence-corrected chi connectivity index (χ1v) is 8.55. The Kier molecular flexibility index (Phi) is 6.21. The lowest BCUT2D eigenvalue weighted by molar-refractivity contribution is -0.140. The van der Waals surface area contributed by atoms with Crippen molar-refractivity contribution in [2.24, 2.45) is 0 Å². The van der Waals surface area contributed by atoms with Crippen molar-refractivity contribution in [2.45, 2.75) is 45.9 Å². The Morgan fingerprint density at radius 3 is 2.36 bits per heavy atom. The van der Waals surface area contributed by atoms with Crippen LogP contribution in [0.25, 0.3) is 0 Å². The second-order valence-electron chi connectivity index (χ2n) is 6.57. The number of aryl methyl sites for hydroxylation is 2. The first-order chi connectivity index (χ1) is 11.8. The summed E-state index contributed by atoms with van der Waals surface area (Å²) in [5, 5.41) is 10.5. The Hall–Kier alpha value is -2.33. The van der Waals surface area contributed by atoms with Crippen molar-refractivity contribution < 1.29 is 14.6 Å². The summed E-state index contributed by atoms with van der Waals surface area (Å²) >= 11 is 0. The van der Waals surface area contributed by atoms with Crippen molar-refractivity contribution in [3.8, 4) is 5.75 Å². The summed E-state index contributed by atoms with van der Waals surface area (Å²) in [5.41, 5.74) is 2.87. The van der Waals surface area contributed by atoms with Gasteiger partial charge >= 0.3 is 0 Å². The van der Waals surface area contributed by atoms with Gasteiger partial charge in [-0.15, -0.1) is 0 Å². The van der Waals surface area contributed by atoms with Gasteiger partial charge in [0.2, 0.25) is 0 Å². The highest BCUT2D eigenvalue weighted by Crippen LogP contribution is 2.23. The van der Waals surface area contributed by atoms with Crippen LogP contribution in [-0.4, -0.2) is 35.1 Å². The van der Waals surface area contributed by atoms with Gasteiger partial charge in [-0.1, -0.05) is 42.5 Å². The Balaban J connectivity index is 2.06. The summed E-state index contributed by atoms with van der Waals surface area (Å²) in [7, 11) is 1.70. The van der Waals surface area contributed by atoms with E-state index >= 15 is 0 Å². The normalized spacial score (nSPS) is 14.5. The quantitative estimate of drug-likeness (QED) is 0.872. The smallest absolute Gasteiger partial charge is 0.263 e. The highest BCUT2D eigenvalue weighted by Gasteiger charge is 2.28. The van der Waals surface area contributed by atoms with E-state index < -0.39 is 12.2 Å². The number of aliphatic hydroxyl groups excluding tert-OH is 1. The summed E-state index contributed by atoms with van der Waals surface area (Å²) in [6.07, 6.45) is -1.38. The van der Waals surface area contributed by atoms with Crippen LogP contribution in [0.4, 0.5) is 0 Å². The van der Waals surface area contributed by atoms with E-state index in [-0.39, 0.29) is 11.9 Å². The van der Waals surface area contributed by atoms with Crippen LogP contribution in [0.2, 0.25) is 0 Å². The number of aliphatic hydroxyl groups is 1. The summed E-state index contributed by atoms with van der Waals surface area (Å²) < 4.78 is 5.87. The number of rotatable bonds is 6. The van der Waals surface area contributed by atoms with Gasteiger partial charge in [-0.2, -0.15) is 0 Å². The molecule has 0 saturated carbocycles. The van der Waals surface area contributed by atoms with Crippen molar-refractivity contribution in [2.75, 3.05) is 7.05 Å². The van der Waals surface area contributed by atoms with Gasteiger partial charge in [-0.05, 0) is 50.5 Å². The molecule has 0 aliphatic carbocycles. The second-order valence-corrected chi connectivity index (χ2v) is 6.57. The maximum absolute atomic E-state index is 12.7. The standard InChI is InChI=1S/C21H27NO3/c1-14-11-12-15(2)19(13-14)25-17(4)21(24)22(5)16(3)20(23)18-9-7-6-8-10-18/h6-13,16-17,20,23H,1-5H3. The van der Waals surface area contributed by atoms with Crippen LogP contribution in [0.1, 0.15) is 36.6 Å². The summed E-state index contributed by atoms with van der Waals surface area (Å²) in [6.45, 7) is 7.52. The number of nitrogens with zero attached hydrogens (tertiary/aromatic N) is 1. The molecule has 1 amide bonds. The van der Waals surface area contributed by atoms with Crippen LogP contribution in [0.15, 0.2) is 48.5 Å². The zero-order valence-corrected chi connectivity index (χ0v) is 15.6. The van der Waals surface area contributed by atoms with Crippen molar-refractivity contribution in [1.82, 2.24) is 4.90 Å². The Morgan fingerprint density at radius 2 is 1.72 bits per heavy atom. The van der Waals surface area contributed by atoms with Crippen LogP contribution in [0, 0.1) is 13.8 Å². The SMILES string of the molecule is Cc1ccc(C)c(OC(C)C(=O)N(C)C(C)C(O)c2ccccc2)c1. The number of amides is 1. The molecule has 25 heavy (non-hydrogen) atoms. The maximum atomic E-state index is 12.7. The summed E-state index contributed by atoms with van der Waals surface area (Å²) in [4.78, 5) is 14.3. The van der Waals surface area contributed by atoms with Gasteiger partial charge in [-0.3, -0.25) is 4.79 Å². The number of benzene rings is 2. The van der Waals surface area contributed by atoms with Gasteiger partial charge in [0.25, 0.3) is 5.91 Å². The van der Waals surface area contributed by atoms with E-state index in [1.165, 1.54) is 0 Å². The second kappa shape index (κ2) is 8.17. The third-order valence-corrected chi connectivity index (χ3v) is 4.55. The average molecular weight is 341 g/mol. The Bertz CT molecular complexity index is 714. The van der Waals surface area contributed by atoms with E-state index in [9.17, 15) is 9.90 Å². The molecule has 0 aliphatic rings. The predicted octanol–water partition coefficient (Wildman–Crippen LogP) is 3.65. The Morgan fingerprint density at radius 1 is 1.08 bits per heavy atom. The van der Waals surface area contributed by atoms with Crippen molar-refractivity contribution in [1.29, 1.82) is 0 Å². The van der Waals surface area contributed by atoms with E-state index in [4.69, 9.17) is 4.74 Å². The maximum Gasteiger partial charge on any atom is 0.263 e. The zero-order valence-electron chi connectivity index (χ0n) is 15.6. The molecule has 0 fully saturated rings. The van der Waals surface area contributed by atoms with Gasteiger partial charge in [0.1, 0.15) is 5.75 Å². The molecule has 0 saturated heterocycles. The molecule has 4 nitrogen and oxygen atoms in total. The molecule has 0 heterocycles. The van der Waals surface area contributed by atoms with Crippen molar-refractivity contribution in [3.05, 3.63) is 65.2 Å². The molecule has 134 valence electrons. The minimum Gasteiger partial charge on any atom is -0.481 e. The van der Waals surface area contributed by atoms with Crippen LogP contribution < -0.4 is 4.74 Å². The van der Waals surface area contributed by atoms with E-state index in [1.54, 1.807) is 18.9 Å². The molecule has 2 aromatic carbocycles. The first-order valence-electron chi connectivity index (χ1n) is 8.55. The largest absolute Gasteiger partial charge is 0.481 e. The van der Waals surface area contributed by atoms with Gasteiger partial charge < -0.3 is 14.7 Å². The minimum atomic E-state index is -0.747. The average Bonchev–Trinajstić information content (AvgIpc) is 2.62. The number of hydrogen-bond acceptors (Lipinski definition) is 3. The predicted molar refractivity (Wildman–Crippen MR) is 99.6 cm³/mol. The van der Waals surface area contributed by atoms with Crippen molar-refractivity contribution in [3.63, 3.8) is 0 Å². The third kappa shape index (κ3) is 4.60. The lowest BCUT2D eigenvalue weighted by atomic mass is 10.0. The molecule has 4 heteroatoms. The highest BCUT2D eigenvalue weighted by molar-refractivity contribution is 5.81. The molecule has 0 aromatic heterocycles. The number of ether oxygens (including phenoxy) is 1. The summed E-state index contributed by atoms with van der Waals surface area (Å²) in [6, 6.07) is 14.9. The molecule has 0 bridgehead atoms. The zero-order chi connectivity index (χ0) is 18.6. The molecular weight excluding hydrogens is 314 g/mol. The molecular formula is C21H27NO3. The molecule has 3 unspecified atom stereocenters. The third-order valence-electron chi connectivity index (χ3n) is 4.55. The van der Waals surface area contributed by atoms with E-state index in [2.05, 4.69) is 0 Å². The number of carbonyl (C=O) groups excluding carboxylic acids is 1. The number of hydrogen-bond donors (Lipinski definition) is 1. The van der Waals surface area contributed by atoms with E-state index in [1.807, 2.05) is 69.3 Å².